The molecule has 0 aromatic rings. The predicted molar refractivity (Wildman–Crippen MR) is 101 cm³/mol. The smallest absolute Gasteiger partial charge is 0.305 e. The van der Waals surface area contributed by atoms with Crippen molar-refractivity contribution >= 4 is 11.9 Å². The van der Waals surface area contributed by atoms with E-state index in [-0.39, 0.29) is 11.9 Å². The number of carbonyl (C=O) groups is 2. The molecule has 0 fully saturated rings. The molecule has 0 aliphatic heterocycles. The zero-order chi connectivity index (χ0) is 18.9. The minimum Gasteiger partial charge on any atom is -0.466 e. The number of rotatable bonds is 16. The van der Waals surface area contributed by atoms with Crippen molar-refractivity contribution in [3.8, 4) is 0 Å². The molecule has 0 spiro atoms. The van der Waals surface area contributed by atoms with E-state index in [0.29, 0.717) is 26.1 Å². The third-order valence-corrected chi connectivity index (χ3v) is 3.79. The van der Waals surface area contributed by atoms with E-state index in [1.165, 1.54) is 0 Å². The highest BCUT2D eigenvalue weighted by atomic mass is 16.5. The van der Waals surface area contributed by atoms with Crippen molar-refractivity contribution in [1.82, 2.24) is 9.80 Å². The van der Waals surface area contributed by atoms with Crippen LogP contribution < -0.4 is 0 Å². The molecule has 0 amide bonds. The summed E-state index contributed by atoms with van der Waals surface area (Å²) in [5.41, 5.74) is 0. The minimum atomic E-state index is -0.0972. The van der Waals surface area contributed by atoms with Gasteiger partial charge in [-0.25, -0.2) is 0 Å². The van der Waals surface area contributed by atoms with Gasteiger partial charge in [0.2, 0.25) is 0 Å². The number of hydrogen-bond donors (Lipinski definition) is 0. The third kappa shape index (κ3) is 19.0. The molecular weight excluding hydrogens is 320 g/mol. The van der Waals surface area contributed by atoms with Gasteiger partial charge in [-0.05, 0) is 53.9 Å². The zero-order valence-electron chi connectivity index (χ0n) is 16.7. The second-order valence-corrected chi connectivity index (χ2v) is 7.02. The number of hydrogen-bond acceptors (Lipinski definition) is 6. The normalized spacial score (nSPS) is 11.1. The summed E-state index contributed by atoms with van der Waals surface area (Å²) in [6.07, 6.45) is 7.53. The number of esters is 2. The van der Waals surface area contributed by atoms with Gasteiger partial charge in [-0.15, -0.1) is 0 Å². The first-order valence-electron chi connectivity index (χ1n) is 9.52. The van der Waals surface area contributed by atoms with Gasteiger partial charge in [-0.1, -0.05) is 19.3 Å². The van der Waals surface area contributed by atoms with E-state index >= 15 is 0 Å². The second-order valence-electron chi connectivity index (χ2n) is 7.02. The van der Waals surface area contributed by atoms with Crippen molar-refractivity contribution in [2.45, 2.75) is 57.8 Å². The van der Waals surface area contributed by atoms with Crippen LogP contribution in [0.4, 0.5) is 0 Å². The van der Waals surface area contributed by atoms with Crippen LogP contribution in [0.3, 0.4) is 0 Å². The van der Waals surface area contributed by atoms with Gasteiger partial charge >= 0.3 is 11.9 Å². The number of nitrogens with zero attached hydrogens (tertiary/aromatic N) is 2. The molecule has 0 radical (unpaired) electrons. The summed E-state index contributed by atoms with van der Waals surface area (Å²) in [7, 11) is 8.03. The van der Waals surface area contributed by atoms with Gasteiger partial charge in [0.15, 0.2) is 0 Å². The Morgan fingerprint density at radius 2 is 0.960 bits per heavy atom. The average molecular weight is 359 g/mol. The highest BCUT2D eigenvalue weighted by Gasteiger charge is 2.04. The van der Waals surface area contributed by atoms with E-state index in [1.807, 2.05) is 28.2 Å². The predicted octanol–water partition coefficient (Wildman–Crippen LogP) is 2.71. The van der Waals surface area contributed by atoms with Crippen LogP contribution in [-0.4, -0.2) is 76.2 Å². The summed E-state index contributed by atoms with van der Waals surface area (Å²) in [6, 6.07) is 0. The maximum atomic E-state index is 11.5. The van der Waals surface area contributed by atoms with E-state index in [9.17, 15) is 9.59 Å². The molecule has 0 aliphatic rings. The first-order chi connectivity index (χ1) is 11.9. The van der Waals surface area contributed by atoms with Crippen LogP contribution >= 0.6 is 0 Å². The van der Waals surface area contributed by atoms with E-state index in [4.69, 9.17) is 9.47 Å². The molecule has 0 N–H and O–H groups in total. The molecule has 0 rings (SSSR count). The van der Waals surface area contributed by atoms with Gasteiger partial charge in [-0.3, -0.25) is 9.59 Å². The molecule has 0 saturated carbocycles. The molecule has 0 aromatic heterocycles. The zero-order valence-corrected chi connectivity index (χ0v) is 16.7. The Bertz CT molecular complexity index is 314. The standard InChI is InChI=1S/C19H38N2O4/c1-20(2)14-10-16-24-18(22)12-8-6-5-7-9-13-19(23)25-17-11-15-21(3)4/h5-17H2,1-4H3. The SMILES string of the molecule is CN(C)CCCOC(=O)CCCCCCCC(=O)OCCCN(C)C. The van der Waals surface area contributed by atoms with Crippen molar-refractivity contribution < 1.29 is 19.1 Å². The number of carbonyl (C=O) groups excluding carboxylic acids is 2. The van der Waals surface area contributed by atoms with Crippen LogP contribution in [-0.2, 0) is 19.1 Å². The van der Waals surface area contributed by atoms with E-state index in [2.05, 4.69) is 9.80 Å². The Morgan fingerprint density at radius 3 is 1.32 bits per heavy atom. The Balaban J connectivity index is 3.32. The van der Waals surface area contributed by atoms with E-state index in [0.717, 1.165) is 58.0 Å². The van der Waals surface area contributed by atoms with E-state index in [1.54, 1.807) is 0 Å². The first-order valence-corrected chi connectivity index (χ1v) is 9.52. The first kappa shape index (κ1) is 23.9. The molecule has 0 heterocycles. The van der Waals surface area contributed by atoms with Crippen LogP contribution in [0, 0.1) is 0 Å². The van der Waals surface area contributed by atoms with Gasteiger partial charge in [0, 0.05) is 25.9 Å². The monoisotopic (exact) mass is 358 g/mol. The Morgan fingerprint density at radius 1 is 0.600 bits per heavy atom. The summed E-state index contributed by atoms with van der Waals surface area (Å²) < 4.78 is 10.4. The summed E-state index contributed by atoms with van der Waals surface area (Å²) >= 11 is 0. The highest BCUT2D eigenvalue weighted by Crippen LogP contribution is 2.08. The van der Waals surface area contributed by atoms with Gasteiger partial charge in [0.25, 0.3) is 0 Å². The van der Waals surface area contributed by atoms with Crippen molar-refractivity contribution in [2.75, 3.05) is 54.5 Å². The van der Waals surface area contributed by atoms with Crippen LogP contribution in [0.5, 0.6) is 0 Å². The molecule has 0 bridgehead atoms. The van der Waals surface area contributed by atoms with E-state index < -0.39 is 0 Å². The Labute approximate surface area is 153 Å². The second kappa shape index (κ2) is 16.3. The molecule has 6 nitrogen and oxygen atoms in total. The summed E-state index contributed by atoms with van der Waals surface area (Å²) in [5.74, 6) is -0.194. The van der Waals surface area contributed by atoms with Gasteiger partial charge in [-0.2, -0.15) is 0 Å². The van der Waals surface area contributed by atoms with Gasteiger partial charge in [0.1, 0.15) is 0 Å². The number of ether oxygens (including phenoxy) is 2. The van der Waals surface area contributed by atoms with Crippen LogP contribution in [0.2, 0.25) is 0 Å². The summed E-state index contributed by atoms with van der Waals surface area (Å²) in [5, 5.41) is 0. The molecule has 0 saturated heterocycles. The van der Waals surface area contributed by atoms with Crippen molar-refractivity contribution in [2.24, 2.45) is 0 Å². The lowest BCUT2D eigenvalue weighted by molar-refractivity contribution is -0.144. The molecule has 0 aliphatic carbocycles. The quantitative estimate of drug-likeness (QED) is 0.312. The fraction of sp³-hybridized carbons (Fsp3) is 0.895. The molecule has 6 heteroatoms. The Hall–Kier alpha value is -1.14. The molecule has 0 aromatic carbocycles. The summed E-state index contributed by atoms with van der Waals surface area (Å²) in [4.78, 5) is 27.2. The highest BCUT2D eigenvalue weighted by molar-refractivity contribution is 5.69. The van der Waals surface area contributed by atoms with Crippen LogP contribution in [0.1, 0.15) is 57.8 Å². The lowest BCUT2D eigenvalue weighted by Crippen LogP contribution is -2.16. The molecule has 148 valence electrons. The Kier molecular flexibility index (Phi) is 15.6. The number of unbranched alkanes of at least 4 members (excludes halogenated alkanes) is 4. The fourth-order valence-corrected chi connectivity index (χ4v) is 2.35. The minimum absolute atomic E-state index is 0.0972. The largest absolute Gasteiger partial charge is 0.466 e. The fourth-order valence-electron chi connectivity index (χ4n) is 2.35. The maximum absolute atomic E-state index is 11.5. The topological polar surface area (TPSA) is 59.1 Å². The lowest BCUT2D eigenvalue weighted by Gasteiger charge is -2.09. The van der Waals surface area contributed by atoms with Gasteiger partial charge in [0.05, 0.1) is 13.2 Å². The molecular formula is C19H38N2O4. The average Bonchev–Trinajstić information content (AvgIpc) is 2.54. The van der Waals surface area contributed by atoms with Crippen LogP contribution in [0.15, 0.2) is 0 Å². The van der Waals surface area contributed by atoms with Crippen molar-refractivity contribution in [3.63, 3.8) is 0 Å². The third-order valence-electron chi connectivity index (χ3n) is 3.79. The molecule has 0 unspecified atom stereocenters. The molecule has 0 atom stereocenters. The van der Waals surface area contributed by atoms with Gasteiger partial charge < -0.3 is 19.3 Å². The molecule has 25 heavy (non-hydrogen) atoms. The lowest BCUT2D eigenvalue weighted by atomic mass is 10.1. The van der Waals surface area contributed by atoms with Crippen molar-refractivity contribution in [1.29, 1.82) is 0 Å². The summed E-state index contributed by atoms with van der Waals surface area (Å²) in [6.45, 7) is 2.89. The van der Waals surface area contributed by atoms with Crippen LogP contribution in [0.25, 0.3) is 0 Å². The maximum Gasteiger partial charge on any atom is 0.305 e. The van der Waals surface area contributed by atoms with Crippen molar-refractivity contribution in [3.05, 3.63) is 0 Å².